The minimum absolute atomic E-state index is 0.116. The van der Waals surface area contributed by atoms with E-state index in [-0.39, 0.29) is 19.7 Å². The Hall–Kier alpha value is -2.21. The molecule has 0 spiro atoms. The molecule has 6 heteroatoms. The normalized spacial score (nSPS) is 15.0. The number of imide groups is 2. The molecule has 1 aliphatic heterocycles. The van der Waals surface area contributed by atoms with Gasteiger partial charge in [-0.2, -0.15) is 0 Å². The van der Waals surface area contributed by atoms with Crippen molar-refractivity contribution in [2.75, 3.05) is 13.2 Å². The van der Waals surface area contributed by atoms with Crippen molar-refractivity contribution in [3.8, 4) is 0 Å². The molecule has 4 amide bonds. The second-order valence-electron chi connectivity index (χ2n) is 5.25. The molecule has 0 aliphatic carbocycles. The first kappa shape index (κ1) is 16.2. The van der Waals surface area contributed by atoms with Gasteiger partial charge in [-0.05, 0) is 18.4 Å². The monoisotopic (exact) mass is 304 g/mol. The second kappa shape index (κ2) is 7.70. The lowest BCUT2D eigenvalue weighted by Gasteiger charge is -2.15. The van der Waals surface area contributed by atoms with Crippen molar-refractivity contribution < 1.29 is 19.5 Å². The Balaban J connectivity index is 1.92. The van der Waals surface area contributed by atoms with Gasteiger partial charge in [0.1, 0.15) is 0 Å². The minimum atomic E-state index is -0.760. The molecule has 1 saturated heterocycles. The fourth-order valence-electron chi connectivity index (χ4n) is 2.39. The summed E-state index contributed by atoms with van der Waals surface area (Å²) >= 11 is 0. The number of carbonyl (C=O) groups is 3. The molecule has 1 aromatic rings. The smallest absolute Gasteiger partial charge is 0.334 e. The maximum absolute atomic E-state index is 12.2. The molecule has 0 radical (unpaired) electrons. The number of rotatable bonds is 8. The zero-order valence-electron chi connectivity index (χ0n) is 12.4. The minimum Gasteiger partial charge on any atom is -0.396 e. The Morgan fingerprint density at radius 3 is 2.14 bits per heavy atom. The second-order valence-corrected chi connectivity index (χ2v) is 5.25. The summed E-state index contributed by atoms with van der Waals surface area (Å²) in [6, 6.07) is 8.56. The summed E-state index contributed by atoms with van der Waals surface area (Å²) in [6.07, 6.45) is 3.00. The van der Waals surface area contributed by atoms with Crippen LogP contribution in [0.5, 0.6) is 0 Å². The van der Waals surface area contributed by atoms with E-state index < -0.39 is 17.8 Å². The lowest BCUT2D eigenvalue weighted by atomic mass is 10.2. The zero-order chi connectivity index (χ0) is 15.9. The van der Waals surface area contributed by atoms with Gasteiger partial charge in [0, 0.05) is 13.2 Å². The van der Waals surface area contributed by atoms with Crippen LogP contribution in [0.2, 0.25) is 0 Å². The molecule has 0 bridgehead atoms. The maximum atomic E-state index is 12.2. The summed E-state index contributed by atoms with van der Waals surface area (Å²) < 4.78 is 0. The number of hydrogen-bond acceptors (Lipinski definition) is 4. The summed E-state index contributed by atoms with van der Waals surface area (Å²) in [6.45, 7) is 0.510. The summed E-state index contributed by atoms with van der Waals surface area (Å²) in [5.41, 5.74) is 0.807. The molecule has 22 heavy (non-hydrogen) atoms. The Labute approximate surface area is 129 Å². The van der Waals surface area contributed by atoms with E-state index in [1.54, 1.807) is 0 Å². The summed E-state index contributed by atoms with van der Waals surface area (Å²) in [5.74, 6) is -1.51. The number of nitrogens with zero attached hydrogens (tertiary/aromatic N) is 2. The lowest BCUT2D eigenvalue weighted by Crippen LogP contribution is -2.33. The van der Waals surface area contributed by atoms with Crippen LogP contribution in [0, 0.1) is 0 Å². The third-order valence-electron chi connectivity index (χ3n) is 3.61. The Morgan fingerprint density at radius 2 is 1.45 bits per heavy atom. The Bertz CT molecular complexity index is 544. The zero-order valence-corrected chi connectivity index (χ0v) is 12.4. The molecule has 0 atom stereocenters. The number of urea groups is 1. The molecule has 1 fully saturated rings. The van der Waals surface area contributed by atoms with E-state index in [2.05, 4.69) is 0 Å². The number of amides is 4. The predicted molar refractivity (Wildman–Crippen MR) is 79.7 cm³/mol. The molecule has 0 aromatic heterocycles. The first-order valence-corrected chi connectivity index (χ1v) is 7.47. The highest BCUT2D eigenvalue weighted by Gasteiger charge is 2.43. The van der Waals surface area contributed by atoms with Crippen LogP contribution in [-0.4, -0.2) is 45.9 Å². The molecule has 2 rings (SSSR count). The highest BCUT2D eigenvalue weighted by Crippen LogP contribution is 2.17. The fourth-order valence-corrected chi connectivity index (χ4v) is 2.39. The van der Waals surface area contributed by atoms with Crippen molar-refractivity contribution in [1.82, 2.24) is 9.80 Å². The number of unbranched alkanes of at least 4 members (excludes halogenated alkanes) is 3. The Kier molecular flexibility index (Phi) is 5.66. The number of hydrogen-bond donors (Lipinski definition) is 1. The molecular formula is C16H20N2O4. The molecule has 118 valence electrons. The molecule has 0 saturated carbocycles. The van der Waals surface area contributed by atoms with Crippen molar-refractivity contribution >= 4 is 17.8 Å². The number of aliphatic hydroxyl groups is 1. The first-order valence-electron chi connectivity index (χ1n) is 7.47. The van der Waals surface area contributed by atoms with Gasteiger partial charge in [-0.1, -0.05) is 43.2 Å². The molecule has 6 nitrogen and oxygen atoms in total. The van der Waals surface area contributed by atoms with Crippen LogP contribution in [0.25, 0.3) is 0 Å². The van der Waals surface area contributed by atoms with Gasteiger partial charge in [0.25, 0.3) is 0 Å². The standard InChI is InChI=1S/C16H20N2O4/c19-11-7-2-1-6-10-17-14(20)15(21)18(16(17)22)12-13-8-4-3-5-9-13/h3-5,8-9,19H,1-2,6-7,10-12H2. The fraction of sp³-hybridized carbons (Fsp3) is 0.438. The third kappa shape index (κ3) is 3.71. The number of carbonyl (C=O) groups excluding carboxylic acids is 3. The van der Waals surface area contributed by atoms with Crippen LogP contribution in [-0.2, 0) is 16.1 Å². The predicted octanol–water partition coefficient (Wildman–Crippen LogP) is 1.53. The van der Waals surface area contributed by atoms with Crippen molar-refractivity contribution in [3.05, 3.63) is 35.9 Å². The lowest BCUT2D eigenvalue weighted by molar-refractivity contribution is -0.143. The van der Waals surface area contributed by atoms with Gasteiger partial charge < -0.3 is 5.11 Å². The summed E-state index contributed by atoms with van der Waals surface area (Å²) in [5, 5.41) is 8.70. The largest absolute Gasteiger partial charge is 0.396 e. The van der Waals surface area contributed by atoms with Crippen molar-refractivity contribution in [2.24, 2.45) is 0 Å². The van der Waals surface area contributed by atoms with Crippen molar-refractivity contribution in [3.63, 3.8) is 0 Å². The van der Waals surface area contributed by atoms with E-state index in [9.17, 15) is 14.4 Å². The number of aliphatic hydroxyl groups excluding tert-OH is 1. The van der Waals surface area contributed by atoms with E-state index in [4.69, 9.17) is 5.11 Å². The molecule has 0 unspecified atom stereocenters. The van der Waals surface area contributed by atoms with Gasteiger partial charge in [-0.15, -0.1) is 0 Å². The van der Waals surface area contributed by atoms with Gasteiger partial charge in [-0.3, -0.25) is 19.4 Å². The van der Waals surface area contributed by atoms with Crippen LogP contribution in [0.3, 0.4) is 0 Å². The molecule has 1 N–H and O–H groups in total. The van der Waals surface area contributed by atoms with Gasteiger partial charge in [-0.25, -0.2) is 4.79 Å². The van der Waals surface area contributed by atoms with Crippen molar-refractivity contribution in [2.45, 2.75) is 32.2 Å². The SMILES string of the molecule is O=C1C(=O)N(Cc2ccccc2)C(=O)N1CCCCCCO. The topological polar surface area (TPSA) is 77.9 Å². The molecule has 1 aromatic carbocycles. The highest BCUT2D eigenvalue weighted by atomic mass is 16.3. The van der Waals surface area contributed by atoms with Crippen LogP contribution in [0.4, 0.5) is 4.79 Å². The van der Waals surface area contributed by atoms with E-state index in [0.717, 1.165) is 28.2 Å². The molecule has 1 heterocycles. The average molecular weight is 304 g/mol. The number of benzene rings is 1. The maximum Gasteiger partial charge on any atom is 0.334 e. The van der Waals surface area contributed by atoms with E-state index in [1.165, 1.54) is 0 Å². The van der Waals surface area contributed by atoms with Gasteiger partial charge in [0.2, 0.25) is 0 Å². The van der Waals surface area contributed by atoms with Crippen LogP contribution in [0.15, 0.2) is 30.3 Å². The highest BCUT2D eigenvalue weighted by molar-refractivity contribution is 6.44. The first-order chi connectivity index (χ1) is 10.6. The van der Waals surface area contributed by atoms with E-state index in [0.29, 0.717) is 12.8 Å². The summed E-state index contributed by atoms with van der Waals surface area (Å²) in [4.78, 5) is 38.1. The van der Waals surface area contributed by atoms with Gasteiger partial charge >= 0.3 is 17.8 Å². The molecule has 1 aliphatic rings. The van der Waals surface area contributed by atoms with Crippen LogP contribution in [0.1, 0.15) is 31.2 Å². The van der Waals surface area contributed by atoms with Crippen LogP contribution >= 0.6 is 0 Å². The van der Waals surface area contributed by atoms with Gasteiger partial charge in [0.15, 0.2) is 0 Å². The van der Waals surface area contributed by atoms with Gasteiger partial charge in [0.05, 0.1) is 6.54 Å². The summed E-state index contributed by atoms with van der Waals surface area (Å²) in [7, 11) is 0. The van der Waals surface area contributed by atoms with Crippen LogP contribution < -0.4 is 0 Å². The van der Waals surface area contributed by atoms with E-state index >= 15 is 0 Å². The average Bonchev–Trinajstić information content (AvgIpc) is 2.73. The van der Waals surface area contributed by atoms with E-state index in [1.807, 2.05) is 30.3 Å². The Morgan fingerprint density at radius 1 is 0.818 bits per heavy atom. The quantitative estimate of drug-likeness (QED) is 0.449. The van der Waals surface area contributed by atoms with Crippen molar-refractivity contribution in [1.29, 1.82) is 0 Å². The third-order valence-corrected chi connectivity index (χ3v) is 3.61. The molecular weight excluding hydrogens is 284 g/mol.